The predicted molar refractivity (Wildman–Crippen MR) is 110 cm³/mol. The fourth-order valence-electron chi connectivity index (χ4n) is 2.50. The van der Waals surface area contributed by atoms with Gasteiger partial charge in [-0.1, -0.05) is 23.2 Å². The van der Waals surface area contributed by atoms with Gasteiger partial charge < -0.3 is 18.6 Å². The zero-order valence-electron chi connectivity index (χ0n) is 15.6. The van der Waals surface area contributed by atoms with Crippen LogP contribution in [0.4, 0.5) is 0 Å². The van der Waals surface area contributed by atoms with Crippen LogP contribution in [0.2, 0.25) is 10.0 Å². The molecule has 0 N–H and O–H groups in total. The van der Waals surface area contributed by atoms with E-state index in [1.54, 1.807) is 36.5 Å². The Morgan fingerprint density at radius 2 is 1.90 bits per heavy atom. The van der Waals surface area contributed by atoms with E-state index in [4.69, 9.17) is 41.8 Å². The first-order chi connectivity index (χ1) is 14.0. The number of esters is 1. The number of ether oxygens (including phenoxy) is 3. The molecule has 0 saturated carbocycles. The summed E-state index contributed by atoms with van der Waals surface area (Å²) in [6.45, 7) is -0.0938. The number of carbonyl (C=O) groups excluding carboxylic acids is 1. The van der Waals surface area contributed by atoms with Crippen LogP contribution in [0.15, 0.2) is 53.1 Å². The summed E-state index contributed by atoms with van der Waals surface area (Å²) in [7, 11) is 3.00. The molecule has 3 aromatic rings. The van der Waals surface area contributed by atoms with E-state index in [1.165, 1.54) is 20.3 Å². The maximum absolute atomic E-state index is 12.0. The summed E-state index contributed by atoms with van der Waals surface area (Å²) in [5.41, 5.74) is 1.48. The number of methoxy groups -OCH3 is 2. The van der Waals surface area contributed by atoms with Crippen LogP contribution in [0.1, 0.15) is 11.5 Å². The molecular weight excluding hydrogens is 417 g/mol. The molecule has 0 atom stereocenters. The second-order valence-electron chi connectivity index (χ2n) is 5.80. The fourth-order valence-corrected chi connectivity index (χ4v) is 2.93. The third kappa shape index (κ3) is 5.31. The Balaban J connectivity index is 1.60. The highest BCUT2D eigenvalue weighted by molar-refractivity contribution is 6.32. The Kier molecular flexibility index (Phi) is 6.80. The highest BCUT2D eigenvalue weighted by Gasteiger charge is 2.11. The maximum atomic E-state index is 12.0. The summed E-state index contributed by atoms with van der Waals surface area (Å²) in [4.78, 5) is 16.1. The lowest BCUT2D eigenvalue weighted by Gasteiger charge is -2.10. The van der Waals surface area contributed by atoms with Crippen molar-refractivity contribution in [1.29, 1.82) is 0 Å². The summed E-state index contributed by atoms with van der Waals surface area (Å²) in [5, 5.41) is 0.999. The zero-order valence-corrected chi connectivity index (χ0v) is 17.2. The summed E-state index contributed by atoms with van der Waals surface area (Å²) in [5.74, 6) is 1.17. The summed E-state index contributed by atoms with van der Waals surface area (Å²) in [6.07, 6.45) is 4.40. The Hall–Kier alpha value is -2.96. The summed E-state index contributed by atoms with van der Waals surface area (Å²) in [6, 6.07) is 10.5. The first-order valence-corrected chi connectivity index (χ1v) is 9.22. The monoisotopic (exact) mass is 433 g/mol. The van der Waals surface area contributed by atoms with E-state index in [2.05, 4.69) is 4.98 Å². The lowest BCUT2D eigenvalue weighted by atomic mass is 10.2. The van der Waals surface area contributed by atoms with E-state index >= 15 is 0 Å². The zero-order chi connectivity index (χ0) is 20.8. The van der Waals surface area contributed by atoms with Crippen LogP contribution in [-0.2, 0) is 16.1 Å². The van der Waals surface area contributed by atoms with Gasteiger partial charge in [0.05, 0.1) is 25.4 Å². The Bertz CT molecular complexity index is 1030. The third-order valence-electron chi connectivity index (χ3n) is 3.89. The highest BCUT2D eigenvalue weighted by Crippen LogP contribution is 2.36. The molecule has 150 valence electrons. The largest absolute Gasteiger partial charge is 0.493 e. The molecule has 6 nitrogen and oxygen atoms in total. The fraction of sp³-hybridized carbons (Fsp3) is 0.143. The van der Waals surface area contributed by atoms with Crippen LogP contribution in [0.3, 0.4) is 0 Å². The van der Waals surface area contributed by atoms with Crippen molar-refractivity contribution in [2.24, 2.45) is 0 Å². The molecule has 3 rings (SSSR count). The van der Waals surface area contributed by atoms with Crippen molar-refractivity contribution in [2.45, 2.75) is 6.61 Å². The second-order valence-corrected chi connectivity index (χ2v) is 6.65. The van der Waals surface area contributed by atoms with Crippen LogP contribution in [0.5, 0.6) is 11.5 Å². The number of oxazole rings is 1. The molecule has 0 spiro atoms. The molecule has 0 bridgehead atoms. The van der Waals surface area contributed by atoms with Gasteiger partial charge in [-0.3, -0.25) is 0 Å². The topological polar surface area (TPSA) is 70.8 Å². The normalized spacial score (nSPS) is 10.9. The van der Waals surface area contributed by atoms with Gasteiger partial charge in [-0.05, 0) is 48.0 Å². The molecule has 0 aliphatic carbocycles. The lowest BCUT2D eigenvalue weighted by molar-refractivity contribution is -0.139. The predicted octanol–water partition coefficient (Wildman–Crippen LogP) is 5.42. The number of aromatic nitrogens is 1. The molecule has 8 heteroatoms. The van der Waals surface area contributed by atoms with Crippen molar-refractivity contribution in [3.05, 3.63) is 70.2 Å². The number of carbonyl (C=O) groups is 1. The van der Waals surface area contributed by atoms with Crippen molar-refractivity contribution < 1.29 is 23.4 Å². The third-order valence-corrected chi connectivity index (χ3v) is 4.42. The number of nitrogens with zero attached hydrogens (tertiary/aromatic N) is 1. The molecule has 0 unspecified atom stereocenters. The smallest absolute Gasteiger partial charge is 0.331 e. The quantitative estimate of drug-likeness (QED) is 0.365. The molecule has 0 amide bonds. The van der Waals surface area contributed by atoms with Crippen LogP contribution in [0, 0.1) is 0 Å². The van der Waals surface area contributed by atoms with Gasteiger partial charge in [0.25, 0.3) is 0 Å². The van der Waals surface area contributed by atoms with Gasteiger partial charge in [0.2, 0.25) is 5.89 Å². The number of hydrogen-bond acceptors (Lipinski definition) is 6. The lowest BCUT2D eigenvalue weighted by Crippen LogP contribution is -2.00. The van der Waals surface area contributed by atoms with E-state index in [0.717, 1.165) is 5.56 Å². The minimum atomic E-state index is -0.554. The van der Waals surface area contributed by atoms with Crippen LogP contribution in [0.25, 0.3) is 17.4 Å². The highest BCUT2D eigenvalue weighted by atomic mass is 35.5. The first-order valence-electron chi connectivity index (χ1n) is 8.47. The van der Waals surface area contributed by atoms with Crippen LogP contribution >= 0.6 is 23.2 Å². The van der Waals surface area contributed by atoms with E-state index < -0.39 is 5.97 Å². The van der Waals surface area contributed by atoms with Crippen molar-refractivity contribution in [3.63, 3.8) is 0 Å². The average Bonchev–Trinajstić information content (AvgIpc) is 3.19. The molecule has 1 heterocycles. The van der Waals surface area contributed by atoms with E-state index in [1.807, 2.05) is 12.1 Å². The van der Waals surface area contributed by atoms with Gasteiger partial charge in [0, 0.05) is 16.7 Å². The molecule has 0 aliphatic rings. The van der Waals surface area contributed by atoms with Gasteiger partial charge in [-0.25, -0.2) is 9.78 Å². The van der Waals surface area contributed by atoms with Crippen LogP contribution in [-0.4, -0.2) is 25.2 Å². The van der Waals surface area contributed by atoms with Gasteiger partial charge >= 0.3 is 5.97 Å². The van der Waals surface area contributed by atoms with Crippen LogP contribution < -0.4 is 9.47 Å². The molecular formula is C21H17Cl2NO5. The Morgan fingerprint density at radius 1 is 1.14 bits per heavy atom. The van der Waals surface area contributed by atoms with Crippen molar-refractivity contribution in [1.82, 2.24) is 4.98 Å². The summed E-state index contributed by atoms with van der Waals surface area (Å²) >= 11 is 12.0. The Labute approximate surface area is 177 Å². The van der Waals surface area contributed by atoms with Crippen molar-refractivity contribution in [3.8, 4) is 22.8 Å². The molecule has 1 aromatic heterocycles. The molecule has 0 saturated heterocycles. The minimum absolute atomic E-state index is 0.0938. The number of halogens is 2. The van der Waals surface area contributed by atoms with Crippen molar-refractivity contribution >= 4 is 35.2 Å². The first kappa shape index (κ1) is 20.8. The van der Waals surface area contributed by atoms with Gasteiger partial charge in [-0.15, -0.1) is 0 Å². The SMILES string of the molecule is COc1cc(/C=C/C(=O)OCc2ncc(-c3ccc(Cl)cc3)o2)cc(Cl)c1OC. The molecule has 0 aliphatic heterocycles. The van der Waals surface area contributed by atoms with Crippen molar-refractivity contribution in [2.75, 3.05) is 14.2 Å². The second kappa shape index (κ2) is 9.49. The number of rotatable bonds is 7. The van der Waals surface area contributed by atoms with Gasteiger partial charge in [0.1, 0.15) is 0 Å². The van der Waals surface area contributed by atoms with E-state index in [-0.39, 0.29) is 12.5 Å². The standard InChI is InChI=1S/C21H17Cl2NO5/c1-26-17-10-13(9-16(23)21(17)27-2)3-8-20(25)28-12-19-24-11-18(29-19)14-4-6-15(22)7-5-14/h3-11H,12H2,1-2H3/b8-3+. The number of hydrogen-bond donors (Lipinski definition) is 0. The van der Waals surface area contributed by atoms with E-state index in [0.29, 0.717) is 32.9 Å². The summed E-state index contributed by atoms with van der Waals surface area (Å²) < 4.78 is 21.2. The minimum Gasteiger partial charge on any atom is -0.493 e. The maximum Gasteiger partial charge on any atom is 0.331 e. The van der Waals surface area contributed by atoms with Gasteiger partial charge in [-0.2, -0.15) is 0 Å². The molecule has 0 fully saturated rings. The average molecular weight is 434 g/mol. The molecule has 29 heavy (non-hydrogen) atoms. The number of benzene rings is 2. The molecule has 0 radical (unpaired) electrons. The van der Waals surface area contributed by atoms with E-state index in [9.17, 15) is 4.79 Å². The Morgan fingerprint density at radius 3 is 2.59 bits per heavy atom. The van der Waals surface area contributed by atoms with Gasteiger partial charge in [0.15, 0.2) is 23.9 Å². The molecule has 2 aromatic carbocycles.